The lowest BCUT2D eigenvalue weighted by Crippen LogP contribution is -2.39. The number of amides is 2. The van der Waals surface area contributed by atoms with E-state index >= 15 is 0 Å². The van der Waals surface area contributed by atoms with Gasteiger partial charge in [0.25, 0.3) is 0 Å². The first-order valence-electron chi connectivity index (χ1n) is 12.8. The third-order valence-electron chi connectivity index (χ3n) is 6.13. The number of hydrogen-bond acceptors (Lipinski definition) is 2. The molecule has 4 rings (SSSR count). The average molecular weight is 501 g/mol. The first kappa shape index (κ1) is 26.4. The molecule has 0 aliphatic carbocycles. The van der Waals surface area contributed by atoms with Gasteiger partial charge >= 0.3 is 0 Å². The van der Waals surface area contributed by atoms with Crippen molar-refractivity contribution in [2.75, 3.05) is 13.1 Å². The van der Waals surface area contributed by atoms with Crippen molar-refractivity contribution in [1.82, 2.24) is 9.80 Å². The fourth-order valence-electron chi connectivity index (χ4n) is 4.06. The Morgan fingerprint density at radius 3 is 1.13 bits per heavy atom. The van der Waals surface area contributed by atoms with Crippen molar-refractivity contribution < 1.29 is 9.59 Å². The number of benzene rings is 4. The second-order valence-electron chi connectivity index (χ2n) is 8.98. The number of carbonyl (C=O) groups excluding carboxylic acids is 2. The molecular formula is C34H32N2O2. The summed E-state index contributed by atoms with van der Waals surface area (Å²) in [6, 6.07) is 39.4. The van der Waals surface area contributed by atoms with Crippen molar-refractivity contribution in [2.45, 2.75) is 13.1 Å². The topological polar surface area (TPSA) is 40.6 Å². The summed E-state index contributed by atoms with van der Waals surface area (Å²) in [4.78, 5) is 30.2. The number of rotatable bonds is 11. The second kappa shape index (κ2) is 14.1. The summed E-state index contributed by atoms with van der Waals surface area (Å²) in [5.74, 6) is -0.186. The summed E-state index contributed by atoms with van der Waals surface area (Å²) in [7, 11) is 0. The maximum atomic E-state index is 13.3. The fourth-order valence-corrected chi connectivity index (χ4v) is 4.06. The van der Waals surface area contributed by atoms with Crippen LogP contribution in [0, 0.1) is 0 Å². The standard InChI is InChI=1S/C34H32N2O2/c37-33(23-21-29-13-5-1-6-14-29)35(27-31-17-9-3-10-18-31)25-26-36(28-32-19-11-4-12-20-32)34(38)24-22-30-15-7-2-8-16-30/h1-24H,25-28H2/b23-21+,24-22+. The fraction of sp³-hybridized carbons (Fsp3) is 0.118. The van der Waals surface area contributed by atoms with Gasteiger partial charge in [0, 0.05) is 38.3 Å². The van der Waals surface area contributed by atoms with Crippen LogP contribution in [0.2, 0.25) is 0 Å². The molecule has 0 aliphatic rings. The van der Waals surface area contributed by atoms with Crippen LogP contribution in [-0.2, 0) is 22.7 Å². The quantitative estimate of drug-likeness (QED) is 0.222. The molecule has 0 unspecified atom stereocenters. The Bertz CT molecular complexity index is 1230. The molecule has 4 nitrogen and oxygen atoms in total. The summed E-state index contributed by atoms with van der Waals surface area (Å²) in [5.41, 5.74) is 4.01. The van der Waals surface area contributed by atoms with E-state index in [1.807, 2.05) is 133 Å². The van der Waals surface area contributed by atoms with Gasteiger partial charge in [-0.1, -0.05) is 121 Å². The zero-order valence-corrected chi connectivity index (χ0v) is 21.4. The molecule has 4 aromatic rings. The lowest BCUT2D eigenvalue weighted by atomic mass is 10.1. The highest BCUT2D eigenvalue weighted by atomic mass is 16.2. The first-order chi connectivity index (χ1) is 18.7. The van der Waals surface area contributed by atoms with Gasteiger partial charge in [0.2, 0.25) is 11.8 Å². The smallest absolute Gasteiger partial charge is 0.246 e. The zero-order valence-electron chi connectivity index (χ0n) is 21.4. The summed E-state index contributed by atoms with van der Waals surface area (Å²) in [5, 5.41) is 0. The highest BCUT2D eigenvalue weighted by molar-refractivity contribution is 5.93. The maximum absolute atomic E-state index is 13.3. The molecule has 38 heavy (non-hydrogen) atoms. The van der Waals surface area contributed by atoms with Gasteiger partial charge in [-0.15, -0.1) is 0 Å². The Balaban J connectivity index is 1.51. The minimum absolute atomic E-state index is 0.0929. The van der Waals surface area contributed by atoms with Crippen molar-refractivity contribution >= 4 is 24.0 Å². The second-order valence-corrected chi connectivity index (χ2v) is 8.98. The van der Waals surface area contributed by atoms with Crippen LogP contribution in [-0.4, -0.2) is 34.7 Å². The van der Waals surface area contributed by atoms with Gasteiger partial charge in [-0.25, -0.2) is 0 Å². The van der Waals surface area contributed by atoms with Crippen LogP contribution < -0.4 is 0 Å². The third-order valence-corrected chi connectivity index (χ3v) is 6.13. The molecule has 0 fully saturated rings. The molecule has 2 amide bonds. The van der Waals surface area contributed by atoms with Crippen molar-refractivity contribution in [3.05, 3.63) is 156 Å². The van der Waals surface area contributed by atoms with Gasteiger partial charge in [-0.3, -0.25) is 9.59 Å². The molecule has 0 heterocycles. The van der Waals surface area contributed by atoms with Crippen LogP contribution in [0.5, 0.6) is 0 Å². The van der Waals surface area contributed by atoms with Gasteiger partial charge in [-0.05, 0) is 34.4 Å². The molecule has 4 aromatic carbocycles. The van der Waals surface area contributed by atoms with Gasteiger partial charge in [0.1, 0.15) is 0 Å². The van der Waals surface area contributed by atoms with E-state index in [1.54, 1.807) is 22.0 Å². The van der Waals surface area contributed by atoms with E-state index in [0.29, 0.717) is 26.2 Å². The Kier molecular flexibility index (Phi) is 9.81. The molecule has 0 saturated carbocycles. The van der Waals surface area contributed by atoms with Crippen molar-refractivity contribution in [2.24, 2.45) is 0 Å². The van der Waals surface area contributed by atoms with Gasteiger partial charge in [0.15, 0.2) is 0 Å². The SMILES string of the molecule is O=C(/C=C/c1ccccc1)N(CCN(Cc1ccccc1)C(=O)/C=C/c1ccccc1)Cc1ccccc1. The summed E-state index contributed by atoms with van der Waals surface area (Å²) in [6.45, 7) is 1.74. The molecule has 0 aromatic heterocycles. The highest BCUT2D eigenvalue weighted by Gasteiger charge is 2.17. The monoisotopic (exact) mass is 500 g/mol. The Morgan fingerprint density at radius 2 is 0.789 bits per heavy atom. The minimum atomic E-state index is -0.0929. The number of carbonyl (C=O) groups is 2. The molecule has 0 spiro atoms. The maximum Gasteiger partial charge on any atom is 0.246 e. The zero-order chi connectivity index (χ0) is 26.4. The number of hydrogen-bond donors (Lipinski definition) is 0. The molecule has 0 N–H and O–H groups in total. The van der Waals surface area contributed by atoms with Gasteiger partial charge in [-0.2, -0.15) is 0 Å². The van der Waals surface area contributed by atoms with E-state index < -0.39 is 0 Å². The summed E-state index contributed by atoms with van der Waals surface area (Å²) in [6.07, 6.45) is 6.87. The van der Waals surface area contributed by atoms with Gasteiger partial charge < -0.3 is 9.80 Å². The third kappa shape index (κ3) is 8.45. The Labute approximate surface area is 225 Å². The van der Waals surface area contributed by atoms with Crippen LogP contribution in [0.3, 0.4) is 0 Å². The van der Waals surface area contributed by atoms with Crippen LogP contribution in [0.15, 0.2) is 133 Å². The largest absolute Gasteiger partial charge is 0.333 e. The highest BCUT2D eigenvalue weighted by Crippen LogP contribution is 2.11. The van der Waals surface area contributed by atoms with Gasteiger partial charge in [0.05, 0.1) is 0 Å². The van der Waals surface area contributed by atoms with Crippen LogP contribution >= 0.6 is 0 Å². The van der Waals surface area contributed by atoms with Crippen LogP contribution in [0.25, 0.3) is 12.2 Å². The van der Waals surface area contributed by atoms with E-state index in [9.17, 15) is 9.59 Å². The summed E-state index contributed by atoms with van der Waals surface area (Å²) >= 11 is 0. The van der Waals surface area contributed by atoms with Crippen molar-refractivity contribution in [3.8, 4) is 0 Å². The minimum Gasteiger partial charge on any atom is -0.333 e. The van der Waals surface area contributed by atoms with E-state index in [0.717, 1.165) is 22.3 Å². The molecular weight excluding hydrogens is 468 g/mol. The van der Waals surface area contributed by atoms with E-state index in [1.165, 1.54) is 0 Å². The van der Waals surface area contributed by atoms with Crippen LogP contribution in [0.4, 0.5) is 0 Å². The summed E-state index contributed by atoms with van der Waals surface area (Å²) < 4.78 is 0. The molecule has 190 valence electrons. The normalized spacial score (nSPS) is 11.1. The van der Waals surface area contributed by atoms with E-state index in [-0.39, 0.29) is 11.8 Å². The predicted octanol–water partition coefficient (Wildman–Crippen LogP) is 6.47. The predicted molar refractivity (Wildman–Crippen MR) is 155 cm³/mol. The van der Waals surface area contributed by atoms with Crippen LogP contribution in [0.1, 0.15) is 22.3 Å². The van der Waals surface area contributed by atoms with E-state index in [4.69, 9.17) is 0 Å². The lowest BCUT2D eigenvalue weighted by molar-refractivity contribution is -0.130. The Morgan fingerprint density at radius 1 is 0.474 bits per heavy atom. The lowest BCUT2D eigenvalue weighted by Gasteiger charge is -2.27. The number of nitrogens with zero attached hydrogens (tertiary/aromatic N) is 2. The van der Waals surface area contributed by atoms with Crippen molar-refractivity contribution in [3.63, 3.8) is 0 Å². The van der Waals surface area contributed by atoms with Crippen molar-refractivity contribution in [1.29, 1.82) is 0 Å². The molecule has 0 bridgehead atoms. The molecule has 0 atom stereocenters. The first-order valence-corrected chi connectivity index (χ1v) is 12.8. The molecule has 4 heteroatoms. The molecule has 0 saturated heterocycles. The average Bonchev–Trinajstić information content (AvgIpc) is 2.98. The van der Waals surface area contributed by atoms with E-state index in [2.05, 4.69) is 0 Å². The molecule has 0 aliphatic heterocycles. The molecule has 0 radical (unpaired) electrons. The Hall–Kier alpha value is -4.70.